The molecule has 4 heteroatoms. The van der Waals surface area contributed by atoms with Crippen molar-refractivity contribution in [2.75, 3.05) is 0 Å². The van der Waals surface area contributed by atoms with E-state index in [1.54, 1.807) is 0 Å². The van der Waals surface area contributed by atoms with E-state index in [0.717, 1.165) is 0 Å². The number of nitrogens with zero attached hydrogens (tertiary/aromatic N) is 2. The quantitative estimate of drug-likeness (QED) is 0.169. The second kappa shape index (κ2) is 12.4. The van der Waals surface area contributed by atoms with Gasteiger partial charge in [-0.25, -0.2) is 0 Å². The average molecular weight is 775 g/mol. The van der Waals surface area contributed by atoms with Gasteiger partial charge in [-0.2, -0.15) is 0 Å². The summed E-state index contributed by atoms with van der Waals surface area (Å²) in [6.45, 7) is 0. The van der Waals surface area contributed by atoms with E-state index in [0.29, 0.717) is 0 Å². The molecule has 0 fully saturated rings. The fraction of sp³-hybridized carbons (Fsp3) is 0.0370. The second-order valence-corrected chi connectivity index (χ2v) is 17.8. The van der Waals surface area contributed by atoms with Gasteiger partial charge in [0.05, 0.1) is 21.9 Å². The van der Waals surface area contributed by atoms with Crippen molar-refractivity contribution >= 4 is 108 Å². The zero-order valence-electron chi connectivity index (χ0n) is 31.3. The monoisotopic (exact) mass is 774 g/mol. The molecule has 4 heterocycles. The van der Waals surface area contributed by atoms with Crippen molar-refractivity contribution in [2.45, 2.75) is 11.8 Å². The zero-order chi connectivity index (χ0) is 37.9. The van der Waals surface area contributed by atoms with E-state index in [-0.39, 0.29) is 11.8 Å². The molecular weight excluding hydrogens is 741 g/mol. The van der Waals surface area contributed by atoms with Crippen molar-refractivity contribution in [1.82, 2.24) is 9.13 Å². The molecule has 8 aromatic carbocycles. The first-order chi connectivity index (χ1) is 28.7. The van der Waals surface area contributed by atoms with Gasteiger partial charge in [-0.3, -0.25) is 0 Å². The van der Waals surface area contributed by atoms with Crippen LogP contribution in [0.4, 0.5) is 0 Å². The molecule has 0 aliphatic heterocycles. The van der Waals surface area contributed by atoms with E-state index in [1.165, 1.54) is 106 Å². The van der Waals surface area contributed by atoms with Crippen LogP contribution in [-0.4, -0.2) is 9.13 Å². The molecule has 0 saturated carbocycles. The first-order valence-electron chi connectivity index (χ1n) is 20.0. The highest BCUT2D eigenvalue weighted by Gasteiger charge is 2.28. The first-order valence-corrected chi connectivity index (χ1v) is 21.6. The Morgan fingerprint density at radius 2 is 0.845 bits per heavy atom. The van der Waals surface area contributed by atoms with Gasteiger partial charge in [0.2, 0.25) is 0 Å². The largest absolute Gasteiger partial charge is 0.310 e. The predicted molar refractivity (Wildman–Crippen MR) is 250 cm³/mol. The summed E-state index contributed by atoms with van der Waals surface area (Å²) < 4.78 is 10.3. The van der Waals surface area contributed by atoms with Crippen molar-refractivity contribution in [1.29, 1.82) is 0 Å². The Kier molecular flexibility index (Phi) is 6.91. The molecule has 0 N–H and O–H groups in total. The lowest BCUT2D eigenvalue weighted by molar-refractivity contribution is 0.787. The Hall–Kier alpha value is -6.72. The van der Waals surface area contributed by atoms with Crippen LogP contribution in [0.2, 0.25) is 0 Å². The number of hydrogen-bond acceptors (Lipinski definition) is 2. The van der Waals surface area contributed by atoms with Crippen molar-refractivity contribution in [3.63, 3.8) is 0 Å². The van der Waals surface area contributed by atoms with Crippen LogP contribution in [0.15, 0.2) is 182 Å². The fourth-order valence-electron chi connectivity index (χ4n) is 9.92. The summed E-state index contributed by atoms with van der Waals surface area (Å²) in [5.41, 5.74) is 8.74. The van der Waals surface area contributed by atoms with Crippen molar-refractivity contribution in [3.8, 4) is 11.4 Å². The number of fused-ring (bicyclic) bond motifs is 12. The summed E-state index contributed by atoms with van der Waals surface area (Å²) in [6.07, 6.45) is 5.17. The molecule has 0 spiro atoms. The lowest BCUT2D eigenvalue weighted by atomic mass is 9.78. The number of aromatic nitrogens is 2. The number of thiophene rings is 2. The second-order valence-electron chi connectivity index (χ2n) is 15.6. The highest BCUT2D eigenvalue weighted by molar-refractivity contribution is 7.26. The van der Waals surface area contributed by atoms with Gasteiger partial charge in [0.15, 0.2) is 0 Å². The van der Waals surface area contributed by atoms with Crippen LogP contribution < -0.4 is 10.6 Å². The minimum Gasteiger partial charge on any atom is -0.310 e. The Morgan fingerprint density at radius 1 is 0.328 bits per heavy atom. The molecule has 58 heavy (non-hydrogen) atoms. The Bertz CT molecular complexity index is 3760. The van der Waals surface area contributed by atoms with Crippen LogP contribution >= 0.6 is 22.7 Å². The first kappa shape index (κ1) is 32.4. The maximum Gasteiger partial charge on any atom is 0.0541 e. The number of rotatable bonds is 4. The molecule has 2 atom stereocenters. The van der Waals surface area contributed by atoms with Gasteiger partial charge in [-0.1, -0.05) is 115 Å². The maximum absolute atomic E-state index is 2.59. The fourth-order valence-corrected chi connectivity index (χ4v) is 12.1. The van der Waals surface area contributed by atoms with Crippen molar-refractivity contribution < 1.29 is 0 Å². The van der Waals surface area contributed by atoms with Gasteiger partial charge < -0.3 is 9.13 Å². The highest BCUT2D eigenvalue weighted by Crippen LogP contribution is 2.43. The molecule has 13 rings (SSSR count). The number of hydrogen-bond donors (Lipinski definition) is 0. The van der Waals surface area contributed by atoms with E-state index in [4.69, 9.17) is 0 Å². The minimum atomic E-state index is 0.101. The van der Waals surface area contributed by atoms with Gasteiger partial charge in [0.25, 0.3) is 0 Å². The lowest BCUT2D eigenvalue weighted by Gasteiger charge is -2.26. The molecule has 1 aliphatic rings. The zero-order valence-corrected chi connectivity index (χ0v) is 33.0. The van der Waals surface area contributed by atoms with Crippen LogP contribution in [0.1, 0.15) is 23.0 Å². The third kappa shape index (κ3) is 4.70. The summed E-state index contributed by atoms with van der Waals surface area (Å²) in [5, 5.41) is 11.7. The molecule has 272 valence electrons. The SMILES string of the molecule is C1=c2c(n(-c3ccc4sc5ccccc5c4c3)c3ccccc23)=CC(c2ccc3sc4ccccc4c3c2)C1c1ccc2c(c1)c1ccccc1n2-c1ccccc1. The average Bonchev–Trinajstić information content (AvgIpc) is 4.03. The van der Waals surface area contributed by atoms with Crippen LogP contribution in [-0.2, 0) is 0 Å². The van der Waals surface area contributed by atoms with Crippen LogP contribution in [0.25, 0.3) is 96.6 Å². The molecule has 0 saturated heterocycles. The minimum absolute atomic E-state index is 0.101. The maximum atomic E-state index is 2.59. The molecule has 0 radical (unpaired) electrons. The summed E-state index contributed by atoms with van der Waals surface area (Å²) in [5.74, 6) is 0.213. The summed E-state index contributed by atoms with van der Waals surface area (Å²) in [4.78, 5) is 0. The Balaban J connectivity index is 1.09. The highest BCUT2D eigenvalue weighted by atomic mass is 32.1. The molecule has 2 unspecified atom stereocenters. The van der Waals surface area contributed by atoms with Gasteiger partial charge in [0, 0.05) is 84.9 Å². The third-order valence-electron chi connectivity index (χ3n) is 12.5. The van der Waals surface area contributed by atoms with E-state index >= 15 is 0 Å². The molecule has 12 aromatic rings. The predicted octanol–water partition coefficient (Wildman–Crippen LogP) is 13.6. The van der Waals surface area contributed by atoms with Gasteiger partial charge in [-0.05, 0) is 90.0 Å². The summed E-state index contributed by atoms with van der Waals surface area (Å²) in [6, 6.07) is 67.8. The normalized spacial score (nSPS) is 15.5. The molecular formula is C54H34N2S2. The van der Waals surface area contributed by atoms with E-state index in [2.05, 4.69) is 203 Å². The summed E-state index contributed by atoms with van der Waals surface area (Å²) >= 11 is 3.76. The standard InChI is InChI=1S/C54H34N2S2/c1-2-12-35(13-3-1)55-47-18-8-4-14-37(47)43-28-33(22-25-49(43)55)41-31-44-38-15-5-9-19-48(38)56(36-24-27-54-46(30-36)40-17-7-11-21-52(40)58-54)50(44)32-42(41)34-23-26-53-45(29-34)39-16-6-10-20-51(39)57-53/h1-32,41-42H. The molecule has 4 aromatic heterocycles. The summed E-state index contributed by atoms with van der Waals surface area (Å²) in [7, 11) is 0. The van der Waals surface area contributed by atoms with Crippen LogP contribution in [0.3, 0.4) is 0 Å². The molecule has 0 bridgehead atoms. The number of para-hydroxylation sites is 3. The van der Waals surface area contributed by atoms with E-state index in [1.807, 2.05) is 22.7 Å². The molecule has 0 amide bonds. The third-order valence-corrected chi connectivity index (χ3v) is 14.8. The Labute approximate surface area is 342 Å². The van der Waals surface area contributed by atoms with E-state index in [9.17, 15) is 0 Å². The van der Waals surface area contributed by atoms with Crippen LogP contribution in [0, 0.1) is 0 Å². The van der Waals surface area contributed by atoms with Crippen molar-refractivity contribution in [3.05, 3.63) is 204 Å². The topological polar surface area (TPSA) is 9.86 Å². The van der Waals surface area contributed by atoms with Gasteiger partial charge in [0.1, 0.15) is 0 Å². The van der Waals surface area contributed by atoms with E-state index < -0.39 is 0 Å². The number of benzene rings is 8. The Morgan fingerprint density at radius 3 is 1.59 bits per heavy atom. The lowest BCUT2D eigenvalue weighted by Crippen LogP contribution is -2.34. The molecule has 1 aliphatic carbocycles. The van der Waals surface area contributed by atoms with Crippen LogP contribution in [0.5, 0.6) is 0 Å². The molecule has 2 nitrogen and oxygen atoms in total. The van der Waals surface area contributed by atoms with Crippen molar-refractivity contribution in [2.24, 2.45) is 0 Å². The smallest absolute Gasteiger partial charge is 0.0541 e. The van der Waals surface area contributed by atoms with Gasteiger partial charge in [-0.15, -0.1) is 22.7 Å². The van der Waals surface area contributed by atoms with Gasteiger partial charge >= 0.3 is 0 Å².